The molecule has 0 saturated carbocycles. The fourth-order valence-corrected chi connectivity index (χ4v) is 2.95. The zero-order valence-electron chi connectivity index (χ0n) is 10.7. The van der Waals surface area contributed by atoms with Crippen molar-refractivity contribution in [2.45, 2.75) is 10.1 Å². The number of halogens is 1. The molecule has 2 aromatic carbocycles. The third-order valence-electron chi connectivity index (χ3n) is 2.78. The molecule has 2 N–H and O–H groups in total. The van der Waals surface area contributed by atoms with Crippen LogP contribution in [0.25, 0.3) is 0 Å². The second-order valence-corrected chi connectivity index (χ2v) is 5.79. The number of hydrogen-bond acceptors (Lipinski definition) is 3. The van der Waals surface area contributed by atoms with Crippen LogP contribution in [0.5, 0.6) is 5.75 Å². The van der Waals surface area contributed by atoms with E-state index in [2.05, 4.69) is 6.07 Å². The zero-order valence-corrected chi connectivity index (χ0v) is 12.2. The van der Waals surface area contributed by atoms with Gasteiger partial charge in [-0.3, -0.25) is 0 Å². The molecule has 0 amide bonds. The molecule has 100 valence electrons. The van der Waals surface area contributed by atoms with Crippen LogP contribution in [-0.4, -0.2) is 13.7 Å². The lowest BCUT2D eigenvalue weighted by molar-refractivity contribution is 0.413. The molecule has 0 aliphatic heterocycles. The number of rotatable bonds is 5. The maximum atomic E-state index is 5.90. The quantitative estimate of drug-likeness (QED) is 0.842. The van der Waals surface area contributed by atoms with Gasteiger partial charge in [-0.25, -0.2) is 0 Å². The molecule has 0 aliphatic rings. The number of thioether (sulfide) groups is 1. The lowest BCUT2D eigenvalue weighted by Crippen LogP contribution is -2.09. The maximum Gasteiger partial charge on any atom is 0.119 e. The number of hydrogen-bond donors (Lipinski definition) is 1. The summed E-state index contributed by atoms with van der Waals surface area (Å²) in [5, 5.41) is 0.954. The molecule has 4 heteroatoms. The Balaban J connectivity index is 2.16. The van der Waals surface area contributed by atoms with Crippen molar-refractivity contribution in [2.75, 3.05) is 13.7 Å². The molecule has 0 aromatic heterocycles. The van der Waals surface area contributed by atoms with E-state index in [9.17, 15) is 0 Å². The lowest BCUT2D eigenvalue weighted by atomic mass is 10.1. The summed E-state index contributed by atoms with van der Waals surface area (Å²) in [6.07, 6.45) is 0. The van der Waals surface area contributed by atoms with Gasteiger partial charge in [-0.15, -0.1) is 11.8 Å². The first-order chi connectivity index (χ1) is 9.22. The van der Waals surface area contributed by atoms with Crippen molar-refractivity contribution in [3.8, 4) is 5.75 Å². The van der Waals surface area contributed by atoms with E-state index >= 15 is 0 Å². The van der Waals surface area contributed by atoms with Crippen LogP contribution in [0.2, 0.25) is 5.02 Å². The SMILES string of the molecule is COc1cccc(SC(CN)c2ccc(Cl)cc2)c1. The Morgan fingerprint density at radius 2 is 1.95 bits per heavy atom. The molecule has 0 saturated heterocycles. The molecule has 1 atom stereocenters. The zero-order chi connectivity index (χ0) is 13.7. The summed E-state index contributed by atoms with van der Waals surface area (Å²) < 4.78 is 5.23. The third-order valence-corrected chi connectivity index (χ3v) is 4.30. The van der Waals surface area contributed by atoms with Crippen molar-refractivity contribution in [1.82, 2.24) is 0 Å². The predicted octanol–water partition coefficient (Wildman–Crippen LogP) is 4.14. The van der Waals surface area contributed by atoms with Gasteiger partial charge in [0.1, 0.15) is 5.75 Å². The van der Waals surface area contributed by atoms with Crippen molar-refractivity contribution in [1.29, 1.82) is 0 Å². The van der Waals surface area contributed by atoms with Gasteiger partial charge >= 0.3 is 0 Å². The second kappa shape index (κ2) is 6.85. The fraction of sp³-hybridized carbons (Fsp3) is 0.200. The summed E-state index contributed by atoms with van der Waals surface area (Å²) >= 11 is 7.63. The van der Waals surface area contributed by atoms with Crippen molar-refractivity contribution in [3.63, 3.8) is 0 Å². The molecule has 0 radical (unpaired) electrons. The molecular formula is C15H16ClNOS. The highest BCUT2D eigenvalue weighted by atomic mass is 35.5. The molecule has 2 rings (SSSR count). The van der Waals surface area contributed by atoms with Crippen LogP contribution in [0.15, 0.2) is 53.4 Å². The summed E-state index contributed by atoms with van der Waals surface area (Å²) in [6, 6.07) is 15.8. The Morgan fingerprint density at radius 3 is 2.58 bits per heavy atom. The van der Waals surface area contributed by atoms with Gasteiger partial charge in [-0.2, -0.15) is 0 Å². The molecule has 0 heterocycles. The molecule has 2 nitrogen and oxygen atoms in total. The van der Waals surface area contributed by atoms with Crippen LogP contribution in [0.1, 0.15) is 10.8 Å². The second-order valence-electron chi connectivity index (χ2n) is 4.07. The third kappa shape index (κ3) is 3.90. The van der Waals surface area contributed by atoms with Crippen LogP contribution in [0.3, 0.4) is 0 Å². The van der Waals surface area contributed by atoms with Crippen molar-refractivity contribution >= 4 is 23.4 Å². The van der Waals surface area contributed by atoms with E-state index in [0.717, 1.165) is 15.7 Å². The Bertz CT molecular complexity index is 530. The van der Waals surface area contributed by atoms with E-state index < -0.39 is 0 Å². The molecule has 1 unspecified atom stereocenters. The minimum atomic E-state index is 0.212. The highest BCUT2D eigenvalue weighted by molar-refractivity contribution is 7.99. The number of methoxy groups -OCH3 is 1. The first-order valence-corrected chi connectivity index (χ1v) is 7.25. The highest BCUT2D eigenvalue weighted by Gasteiger charge is 2.11. The number of nitrogens with two attached hydrogens (primary N) is 1. The van der Waals surface area contributed by atoms with Gasteiger partial charge in [-0.05, 0) is 35.9 Å². The van der Waals surface area contributed by atoms with Gasteiger partial charge in [0.15, 0.2) is 0 Å². The highest BCUT2D eigenvalue weighted by Crippen LogP contribution is 2.36. The lowest BCUT2D eigenvalue weighted by Gasteiger charge is -2.15. The summed E-state index contributed by atoms with van der Waals surface area (Å²) in [5.41, 5.74) is 7.06. The van der Waals surface area contributed by atoms with Crippen molar-refractivity contribution in [2.24, 2.45) is 5.73 Å². The topological polar surface area (TPSA) is 35.2 Å². The Morgan fingerprint density at radius 1 is 1.21 bits per heavy atom. The van der Waals surface area contributed by atoms with Crippen LogP contribution in [0.4, 0.5) is 0 Å². The smallest absolute Gasteiger partial charge is 0.119 e. The van der Waals surface area contributed by atoms with Crippen LogP contribution in [0, 0.1) is 0 Å². The van der Waals surface area contributed by atoms with E-state index in [1.165, 1.54) is 5.56 Å². The molecule has 0 aliphatic carbocycles. The summed E-state index contributed by atoms with van der Waals surface area (Å²) in [4.78, 5) is 1.14. The Hall–Kier alpha value is -1.16. The first kappa shape index (κ1) is 14.3. The summed E-state index contributed by atoms with van der Waals surface area (Å²) in [5.74, 6) is 0.858. The molecule has 0 bridgehead atoms. The van der Waals surface area contributed by atoms with Gasteiger partial charge in [0.2, 0.25) is 0 Å². The largest absolute Gasteiger partial charge is 0.497 e. The van der Waals surface area contributed by atoms with Gasteiger partial charge in [-0.1, -0.05) is 29.8 Å². The van der Waals surface area contributed by atoms with E-state index in [-0.39, 0.29) is 5.25 Å². The minimum absolute atomic E-state index is 0.212. The van der Waals surface area contributed by atoms with Crippen LogP contribution < -0.4 is 10.5 Å². The number of benzene rings is 2. The monoisotopic (exact) mass is 293 g/mol. The normalized spacial score (nSPS) is 12.2. The fourth-order valence-electron chi connectivity index (χ4n) is 1.77. The van der Waals surface area contributed by atoms with E-state index in [0.29, 0.717) is 6.54 Å². The predicted molar refractivity (Wildman–Crippen MR) is 82.1 cm³/mol. The number of ether oxygens (including phenoxy) is 1. The molecule has 0 spiro atoms. The Labute approximate surface area is 122 Å². The van der Waals surface area contributed by atoms with Crippen molar-refractivity contribution in [3.05, 3.63) is 59.1 Å². The Kier molecular flexibility index (Phi) is 5.14. The molecule has 19 heavy (non-hydrogen) atoms. The molecule has 0 fully saturated rings. The average molecular weight is 294 g/mol. The van der Waals surface area contributed by atoms with Crippen LogP contribution in [-0.2, 0) is 0 Å². The van der Waals surface area contributed by atoms with E-state index in [1.54, 1.807) is 18.9 Å². The van der Waals surface area contributed by atoms with Gasteiger partial charge in [0.05, 0.1) is 7.11 Å². The van der Waals surface area contributed by atoms with Gasteiger partial charge in [0, 0.05) is 21.7 Å². The van der Waals surface area contributed by atoms with Gasteiger partial charge < -0.3 is 10.5 Å². The standard InChI is InChI=1S/C15H16ClNOS/c1-18-13-3-2-4-14(9-13)19-15(10-17)11-5-7-12(16)8-6-11/h2-9,15H,10,17H2,1H3. The first-order valence-electron chi connectivity index (χ1n) is 5.99. The average Bonchev–Trinajstić information content (AvgIpc) is 2.46. The summed E-state index contributed by atoms with van der Waals surface area (Å²) in [6.45, 7) is 0.573. The summed E-state index contributed by atoms with van der Waals surface area (Å²) in [7, 11) is 1.67. The molecular weight excluding hydrogens is 278 g/mol. The van der Waals surface area contributed by atoms with Crippen LogP contribution >= 0.6 is 23.4 Å². The maximum absolute atomic E-state index is 5.90. The molecule has 2 aromatic rings. The van der Waals surface area contributed by atoms with Crippen molar-refractivity contribution < 1.29 is 4.74 Å². The van der Waals surface area contributed by atoms with E-state index in [1.807, 2.05) is 42.5 Å². The minimum Gasteiger partial charge on any atom is -0.497 e. The van der Waals surface area contributed by atoms with Gasteiger partial charge in [0.25, 0.3) is 0 Å². The van der Waals surface area contributed by atoms with E-state index in [4.69, 9.17) is 22.1 Å².